The van der Waals surface area contributed by atoms with Crippen LogP contribution in [0.1, 0.15) is 10.4 Å². The van der Waals surface area contributed by atoms with E-state index in [4.69, 9.17) is 16.3 Å². The summed E-state index contributed by atoms with van der Waals surface area (Å²) < 4.78 is 18.5. The normalized spacial score (nSPS) is 10.2. The first-order chi connectivity index (χ1) is 8.63. The lowest BCUT2D eigenvalue weighted by molar-refractivity contribution is 0.112. The molecule has 0 spiro atoms. The molecule has 92 valence electrons. The molecule has 2 aromatic carbocycles. The average Bonchev–Trinajstić information content (AvgIpc) is 2.36. The summed E-state index contributed by atoms with van der Waals surface area (Å²) in [7, 11) is 1.51. The quantitative estimate of drug-likeness (QED) is 0.784. The minimum Gasteiger partial charge on any atom is -0.496 e. The van der Waals surface area contributed by atoms with Crippen LogP contribution in [0.25, 0.3) is 11.1 Å². The Morgan fingerprint density at radius 2 is 2.00 bits per heavy atom. The summed E-state index contributed by atoms with van der Waals surface area (Å²) in [6.45, 7) is 0. The second kappa shape index (κ2) is 5.19. The number of methoxy groups -OCH3 is 1. The molecule has 0 aliphatic carbocycles. The predicted molar refractivity (Wildman–Crippen MR) is 68.8 cm³/mol. The zero-order valence-corrected chi connectivity index (χ0v) is 10.4. The third kappa shape index (κ3) is 2.51. The van der Waals surface area contributed by atoms with Crippen LogP contribution in [-0.4, -0.2) is 13.4 Å². The molecule has 0 N–H and O–H groups in total. The third-order valence-electron chi connectivity index (χ3n) is 2.53. The van der Waals surface area contributed by atoms with Crippen LogP contribution in [0.2, 0.25) is 5.02 Å². The molecule has 2 rings (SSSR count). The van der Waals surface area contributed by atoms with Crippen molar-refractivity contribution in [2.75, 3.05) is 7.11 Å². The lowest BCUT2D eigenvalue weighted by Crippen LogP contribution is -1.91. The van der Waals surface area contributed by atoms with E-state index in [0.29, 0.717) is 27.5 Å². The van der Waals surface area contributed by atoms with E-state index in [0.717, 1.165) is 6.29 Å². The molecule has 2 aromatic rings. The van der Waals surface area contributed by atoms with Crippen molar-refractivity contribution in [3.05, 3.63) is 52.8 Å². The fraction of sp³-hybridized carbons (Fsp3) is 0.0714. The summed E-state index contributed by atoms with van der Waals surface area (Å²) in [5.74, 6) is 0.123. The highest BCUT2D eigenvalue weighted by molar-refractivity contribution is 6.30. The standard InChI is InChI=1S/C14H10ClFO2/c1-18-14-3-2-9(8-17)4-13(14)10-5-11(15)7-12(16)6-10/h2-8H,1H3. The summed E-state index contributed by atoms with van der Waals surface area (Å²) in [6, 6.07) is 9.13. The Labute approximate surface area is 109 Å². The molecule has 0 aliphatic heterocycles. The van der Waals surface area contributed by atoms with Crippen molar-refractivity contribution in [3.8, 4) is 16.9 Å². The molecule has 0 bridgehead atoms. The fourth-order valence-electron chi connectivity index (χ4n) is 1.73. The van der Waals surface area contributed by atoms with Gasteiger partial charge in [-0.1, -0.05) is 11.6 Å². The minimum atomic E-state index is -0.434. The SMILES string of the molecule is COc1ccc(C=O)cc1-c1cc(F)cc(Cl)c1. The maximum absolute atomic E-state index is 13.3. The topological polar surface area (TPSA) is 26.3 Å². The van der Waals surface area contributed by atoms with Crippen molar-refractivity contribution in [2.45, 2.75) is 0 Å². The van der Waals surface area contributed by atoms with Crippen molar-refractivity contribution >= 4 is 17.9 Å². The second-order valence-corrected chi connectivity index (χ2v) is 4.17. The second-order valence-electron chi connectivity index (χ2n) is 3.74. The van der Waals surface area contributed by atoms with E-state index in [1.807, 2.05) is 0 Å². The summed E-state index contributed by atoms with van der Waals surface area (Å²) in [5, 5.41) is 0.295. The van der Waals surface area contributed by atoms with Gasteiger partial charge in [-0.05, 0) is 42.0 Å². The summed E-state index contributed by atoms with van der Waals surface area (Å²) in [6.07, 6.45) is 0.726. The average molecular weight is 265 g/mol. The predicted octanol–water partition coefficient (Wildman–Crippen LogP) is 3.97. The van der Waals surface area contributed by atoms with Gasteiger partial charge in [0.05, 0.1) is 7.11 Å². The molecule has 2 nitrogen and oxygen atoms in total. The van der Waals surface area contributed by atoms with Gasteiger partial charge in [-0.3, -0.25) is 4.79 Å². The molecule has 4 heteroatoms. The Morgan fingerprint density at radius 1 is 1.22 bits per heavy atom. The number of hydrogen-bond acceptors (Lipinski definition) is 2. The summed E-state index contributed by atoms with van der Waals surface area (Å²) in [5.41, 5.74) is 1.69. The van der Waals surface area contributed by atoms with Crippen molar-refractivity contribution in [3.63, 3.8) is 0 Å². The molecule has 0 heterocycles. The van der Waals surface area contributed by atoms with E-state index in [1.54, 1.807) is 24.3 Å². The molecule has 0 amide bonds. The van der Waals surface area contributed by atoms with Crippen LogP contribution in [0.15, 0.2) is 36.4 Å². The Bertz CT molecular complexity index is 576. The van der Waals surface area contributed by atoms with Crippen LogP contribution in [0.3, 0.4) is 0 Å². The Morgan fingerprint density at radius 3 is 2.61 bits per heavy atom. The van der Waals surface area contributed by atoms with Crippen LogP contribution >= 0.6 is 11.6 Å². The van der Waals surface area contributed by atoms with Gasteiger partial charge in [-0.25, -0.2) is 4.39 Å². The molecular formula is C14H10ClFO2. The van der Waals surface area contributed by atoms with E-state index in [2.05, 4.69) is 0 Å². The van der Waals surface area contributed by atoms with Gasteiger partial charge in [-0.15, -0.1) is 0 Å². The monoisotopic (exact) mass is 264 g/mol. The van der Waals surface area contributed by atoms with E-state index in [9.17, 15) is 9.18 Å². The first-order valence-electron chi connectivity index (χ1n) is 5.23. The van der Waals surface area contributed by atoms with E-state index >= 15 is 0 Å². The number of halogens is 2. The van der Waals surface area contributed by atoms with Crippen LogP contribution in [-0.2, 0) is 0 Å². The molecule has 0 unspecified atom stereocenters. The maximum atomic E-state index is 13.3. The highest BCUT2D eigenvalue weighted by atomic mass is 35.5. The van der Waals surface area contributed by atoms with E-state index < -0.39 is 5.82 Å². The number of carbonyl (C=O) groups excluding carboxylic acids is 1. The molecule has 0 atom stereocenters. The highest BCUT2D eigenvalue weighted by Crippen LogP contribution is 2.32. The van der Waals surface area contributed by atoms with Gasteiger partial charge >= 0.3 is 0 Å². The first-order valence-corrected chi connectivity index (χ1v) is 5.61. The molecule has 0 saturated heterocycles. The van der Waals surface area contributed by atoms with Gasteiger partial charge in [0.25, 0.3) is 0 Å². The number of benzene rings is 2. The Kier molecular flexibility index (Phi) is 3.63. The number of rotatable bonds is 3. The Hall–Kier alpha value is -1.87. The molecule has 0 fully saturated rings. The third-order valence-corrected chi connectivity index (χ3v) is 2.75. The number of carbonyl (C=O) groups is 1. The molecule has 0 radical (unpaired) electrons. The molecule has 0 saturated carbocycles. The Balaban J connectivity index is 2.63. The van der Waals surface area contributed by atoms with Crippen molar-refractivity contribution in [1.29, 1.82) is 0 Å². The maximum Gasteiger partial charge on any atom is 0.150 e. The molecule has 0 aromatic heterocycles. The van der Waals surface area contributed by atoms with E-state index in [1.165, 1.54) is 19.2 Å². The van der Waals surface area contributed by atoms with Crippen LogP contribution in [0.4, 0.5) is 4.39 Å². The largest absolute Gasteiger partial charge is 0.496 e. The number of aldehydes is 1. The lowest BCUT2D eigenvalue weighted by atomic mass is 10.0. The highest BCUT2D eigenvalue weighted by Gasteiger charge is 2.09. The summed E-state index contributed by atoms with van der Waals surface area (Å²) in [4.78, 5) is 10.8. The first kappa shape index (κ1) is 12.6. The van der Waals surface area contributed by atoms with Crippen molar-refractivity contribution in [1.82, 2.24) is 0 Å². The van der Waals surface area contributed by atoms with E-state index in [-0.39, 0.29) is 0 Å². The lowest BCUT2D eigenvalue weighted by Gasteiger charge is -2.10. The van der Waals surface area contributed by atoms with Gasteiger partial charge in [0, 0.05) is 16.1 Å². The van der Waals surface area contributed by atoms with Crippen molar-refractivity contribution < 1.29 is 13.9 Å². The van der Waals surface area contributed by atoms with Gasteiger partial charge in [0.15, 0.2) is 0 Å². The van der Waals surface area contributed by atoms with Gasteiger partial charge < -0.3 is 4.74 Å². The number of hydrogen-bond donors (Lipinski definition) is 0. The van der Waals surface area contributed by atoms with Gasteiger partial charge in [0.2, 0.25) is 0 Å². The van der Waals surface area contributed by atoms with Crippen LogP contribution in [0, 0.1) is 5.82 Å². The van der Waals surface area contributed by atoms with Crippen LogP contribution in [0.5, 0.6) is 5.75 Å². The smallest absolute Gasteiger partial charge is 0.150 e. The molecule has 18 heavy (non-hydrogen) atoms. The van der Waals surface area contributed by atoms with Crippen LogP contribution < -0.4 is 4.74 Å². The van der Waals surface area contributed by atoms with Gasteiger partial charge in [-0.2, -0.15) is 0 Å². The molecular weight excluding hydrogens is 255 g/mol. The number of ether oxygens (including phenoxy) is 1. The zero-order valence-electron chi connectivity index (χ0n) is 9.61. The fourth-order valence-corrected chi connectivity index (χ4v) is 1.96. The zero-order chi connectivity index (χ0) is 13.1. The van der Waals surface area contributed by atoms with Crippen molar-refractivity contribution in [2.24, 2.45) is 0 Å². The van der Waals surface area contributed by atoms with Gasteiger partial charge in [0.1, 0.15) is 17.9 Å². The minimum absolute atomic E-state index is 0.295. The molecule has 0 aliphatic rings. The summed E-state index contributed by atoms with van der Waals surface area (Å²) >= 11 is 5.82.